The number of pyridine rings is 1. The Balaban J connectivity index is 2.12. The lowest BCUT2D eigenvalue weighted by Crippen LogP contribution is -2.52. The van der Waals surface area contributed by atoms with Gasteiger partial charge in [0, 0.05) is 24.8 Å². The number of nitrogens with zero attached hydrogens (tertiary/aromatic N) is 3. The van der Waals surface area contributed by atoms with Crippen molar-refractivity contribution in [1.82, 2.24) is 9.88 Å². The quantitative estimate of drug-likeness (QED) is 0.775. The lowest BCUT2D eigenvalue weighted by atomic mass is 10.0. The summed E-state index contributed by atoms with van der Waals surface area (Å²) in [5, 5.41) is 8.82. The van der Waals surface area contributed by atoms with Gasteiger partial charge in [0.2, 0.25) is 0 Å². The summed E-state index contributed by atoms with van der Waals surface area (Å²) in [6.07, 6.45) is 1.70. The molecular weight excluding hydrogens is 214 g/mol. The van der Waals surface area contributed by atoms with E-state index in [2.05, 4.69) is 29.8 Å². The maximum Gasteiger partial charge on any atom is 0.140 e. The van der Waals surface area contributed by atoms with E-state index in [1.54, 1.807) is 6.20 Å². The molecule has 1 fully saturated rings. The van der Waals surface area contributed by atoms with E-state index in [9.17, 15) is 0 Å². The summed E-state index contributed by atoms with van der Waals surface area (Å²) in [6, 6.07) is 5.89. The first-order valence-electron chi connectivity index (χ1n) is 5.80. The molecule has 4 nitrogen and oxygen atoms in total. The van der Waals surface area contributed by atoms with Crippen LogP contribution in [0.2, 0.25) is 0 Å². The fourth-order valence-corrected chi connectivity index (χ4v) is 2.04. The lowest BCUT2D eigenvalue weighted by molar-refractivity contribution is -0.0552. The predicted octanol–water partition coefficient (Wildman–Crippen LogP) is 1.56. The molecule has 0 N–H and O–H groups in total. The molecule has 0 bridgehead atoms. The van der Waals surface area contributed by atoms with Gasteiger partial charge < -0.3 is 4.74 Å². The first-order valence-corrected chi connectivity index (χ1v) is 5.80. The highest BCUT2D eigenvalue weighted by Crippen LogP contribution is 2.21. The van der Waals surface area contributed by atoms with Gasteiger partial charge in [0.1, 0.15) is 11.8 Å². The van der Waals surface area contributed by atoms with Crippen LogP contribution in [0.3, 0.4) is 0 Å². The van der Waals surface area contributed by atoms with Crippen LogP contribution in [-0.2, 0) is 11.3 Å². The second-order valence-electron chi connectivity index (χ2n) is 4.95. The average molecular weight is 231 g/mol. The Labute approximate surface area is 102 Å². The van der Waals surface area contributed by atoms with Crippen LogP contribution in [-0.4, -0.2) is 35.2 Å². The van der Waals surface area contributed by atoms with Crippen LogP contribution >= 0.6 is 0 Å². The molecule has 17 heavy (non-hydrogen) atoms. The number of morpholine rings is 1. The Morgan fingerprint density at radius 1 is 1.59 bits per heavy atom. The van der Waals surface area contributed by atoms with Crippen molar-refractivity contribution < 1.29 is 4.74 Å². The van der Waals surface area contributed by atoms with Crippen molar-refractivity contribution in [1.29, 1.82) is 5.26 Å². The third-order valence-corrected chi connectivity index (χ3v) is 3.13. The van der Waals surface area contributed by atoms with E-state index in [1.807, 2.05) is 12.1 Å². The molecule has 1 aliphatic rings. The van der Waals surface area contributed by atoms with Crippen molar-refractivity contribution >= 4 is 0 Å². The highest BCUT2D eigenvalue weighted by atomic mass is 16.5. The Morgan fingerprint density at radius 3 is 3.12 bits per heavy atom. The van der Waals surface area contributed by atoms with Crippen LogP contribution in [0.4, 0.5) is 0 Å². The minimum Gasteiger partial charge on any atom is -0.378 e. The molecule has 0 radical (unpaired) electrons. The number of nitriles is 1. The van der Waals surface area contributed by atoms with Gasteiger partial charge in [-0.25, -0.2) is 4.98 Å². The van der Waals surface area contributed by atoms with E-state index >= 15 is 0 Å². The first kappa shape index (κ1) is 12.0. The van der Waals surface area contributed by atoms with Crippen molar-refractivity contribution in [3.8, 4) is 6.07 Å². The van der Waals surface area contributed by atoms with Crippen molar-refractivity contribution in [3.63, 3.8) is 0 Å². The van der Waals surface area contributed by atoms with Gasteiger partial charge in [-0.2, -0.15) is 5.26 Å². The summed E-state index contributed by atoms with van der Waals surface area (Å²) in [5.41, 5.74) is 1.66. The number of rotatable bonds is 2. The first-order chi connectivity index (χ1) is 8.12. The monoisotopic (exact) mass is 231 g/mol. The normalized spacial score (nSPS) is 19.8. The minimum atomic E-state index is 0.0499. The zero-order chi connectivity index (χ0) is 12.3. The Morgan fingerprint density at radius 2 is 2.41 bits per heavy atom. The molecule has 1 aromatic rings. The molecule has 0 saturated carbocycles. The third-order valence-electron chi connectivity index (χ3n) is 3.13. The molecule has 0 spiro atoms. The number of aromatic nitrogens is 1. The van der Waals surface area contributed by atoms with E-state index in [0.717, 1.165) is 31.9 Å². The summed E-state index contributed by atoms with van der Waals surface area (Å²) in [4.78, 5) is 6.36. The molecule has 1 aromatic heterocycles. The molecule has 2 heterocycles. The van der Waals surface area contributed by atoms with Crippen molar-refractivity contribution in [2.75, 3.05) is 19.8 Å². The van der Waals surface area contributed by atoms with Gasteiger partial charge in [-0.1, -0.05) is 0 Å². The topological polar surface area (TPSA) is 49.1 Å². The van der Waals surface area contributed by atoms with Crippen LogP contribution < -0.4 is 0 Å². The number of hydrogen-bond donors (Lipinski definition) is 0. The van der Waals surface area contributed by atoms with Gasteiger partial charge in [-0.15, -0.1) is 0 Å². The third kappa shape index (κ3) is 2.82. The molecule has 2 rings (SSSR count). The van der Waals surface area contributed by atoms with Crippen LogP contribution in [0.5, 0.6) is 0 Å². The predicted molar refractivity (Wildman–Crippen MR) is 64.3 cm³/mol. The Bertz CT molecular complexity index is 437. The molecule has 0 aliphatic carbocycles. The van der Waals surface area contributed by atoms with E-state index in [4.69, 9.17) is 10.00 Å². The summed E-state index contributed by atoms with van der Waals surface area (Å²) < 4.78 is 5.49. The van der Waals surface area contributed by atoms with Gasteiger partial charge >= 0.3 is 0 Å². The zero-order valence-corrected chi connectivity index (χ0v) is 10.3. The number of hydrogen-bond acceptors (Lipinski definition) is 4. The molecule has 90 valence electrons. The summed E-state index contributed by atoms with van der Waals surface area (Å²) >= 11 is 0. The molecule has 0 atom stereocenters. The van der Waals surface area contributed by atoms with Gasteiger partial charge in [-0.3, -0.25) is 4.90 Å². The summed E-state index contributed by atoms with van der Waals surface area (Å²) in [6.45, 7) is 7.66. The standard InChI is InChI=1S/C13H17N3O/c1-13(2)10-17-6-5-16(13)9-11-3-4-15-12(7-11)8-14/h3-4,7H,5-6,9-10H2,1-2H3. The summed E-state index contributed by atoms with van der Waals surface area (Å²) in [7, 11) is 0. The van der Waals surface area contributed by atoms with E-state index in [1.165, 1.54) is 0 Å². The Kier molecular flexibility index (Phi) is 3.41. The van der Waals surface area contributed by atoms with Crippen LogP contribution in [0.1, 0.15) is 25.1 Å². The van der Waals surface area contributed by atoms with Crippen molar-refractivity contribution in [2.24, 2.45) is 0 Å². The van der Waals surface area contributed by atoms with Gasteiger partial charge in [0.25, 0.3) is 0 Å². The lowest BCUT2D eigenvalue weighted by Gasteiger charge is -2.42. The maximum atomic E-state index is 8.82. The largest absolute Gasteiger partial charge is 0.378 e. The second kappa shape index (κ2) is 4.82. The Hall–Kier alpha value is -1.44. The van der Waals surface area contributed by atoms with Gasteiger partial charge in [-0.05, 0) is 31.5 Å². The van der Waals surface area contributed by atoms with Gasteiger partial charge in [0.05, 0.1) is 13.2 Å². The highest BCUT2D eigenvalue weighted by molar-refractivity contribution is 5.25. The van der Waals surface area contributed by atoms with Crippen molar-refractivity contribution in [2.45, 2.75) is 25.9 Å². The zero-order valence-electron chi connectivity index (χ0n) is 10.3. The van der Waals surface area contributed by atoms with Crippen molar-refractivity contribution in [3.05, 3.63) is 29.6 Å². The van der Waals surface area contributed by atoms with Gasteiger partial charge in [0.15, 0.2) is 0 Å². The van der Waals surface area contributed by atoms with E-state index < -0.39 is 0 Å². The number of ether oxygens (including phenoxy) is 1. The smallest absolute Gasteiger partial charge is 0.140 e. The maximum absolute atomic E-state index is 8.82. The van der Waals surface area contributed by atoms with Crippen LogP contribution in [0.15, 0.2) is 18.3 Å². The van der Waals surface area contributed by atoms with Crippen LogP contribution in [0.25, 0.3) is 0 Å². The second-order valence-corrected chi connectivity index (χ2v) is 4.95. The van der Waals surface area contributed by atoms with E-state index in [0.29, 0.717) is 5.69 Å². The molecule has 4 heteroatoms. The average Bonchev–Trinajstić information content (AvgIpc) is 2.32. The molecular formula is C13H17N3O. The van der Waals surface area contributed by atoms with E-state index in [-0.39, 0.29) is 5.54 Å². The summed E-state index contributed by atoms with van der Waals surface area (Å²) in [5.74, 6) is 0. The molecule has 1 saturated heterocycles. The minimum absolute atomic E-state index is 0.0499. The molecule has 0 aromatic carbocycles. The van der Waals surface area contributed by atoms with Crippen LogP contribution in [0, 0.1) is 11.3 Å². The molecule has 0 amide bonds. The highest BCUT2D eigenvalue weighted by Gasteiger charge is 2.30. The SMILES string of the molecule is CC1(C)COCCN1Cc1ccnc(C#N)c1. The molecule has 1 aliphatic heterocycles. The fraction of sp³-hybridized carbons (Fsp3) is 0.538. The fourth-order valence-electron chi connectivity index (χ4n) is 2.04. The molecule has 0 unspecified atom stereocenters.